The van der Waals surface area contributed by atoms with E-state index in [1.807, 2.05) is 32.9 Å². The van der Waals surface area contributed by atoms with Gasteiger partial charge in [-0.15, -0.1) is 0 Å². The quantitative estimate of drug-likeness (QED) is 0.180. The Morgan fingerprint density at radius 2 is 1.81 bits per heavy atom. The maximum atomic E-state index is 12.4. The molecular weight excluding hydrogens is 521 g/mol. The van der Waals surface area contributed by atoms with Crippen LogP contribution in [0.4, 0.5) is 10.5 Å². The van der Waals surface area contributed by atoms with Crippen LogP contribution in [0.15, 0.2) is 34.8 Å². The van der Waals surface area contributed by atoms with Crippen LogP contribution in [0, 0.1) is 0 Å². The van der Waals surface area contributed by atoms with Crippen molar-refractivity contribution in [1.29, 1.82) is 0 Å². The first-order valence-corrected chi connectivity index (χ1v) is 12.9. The molecule has 0 aromatic heterocycles. The molecule has 0 unspecified atom stereocenters. The summed E-state index contributed by atoms with van der Waals surface area (Å²) in [6.45, 7) is 9.90. The second kappa shape index (κ2) is 15.8. The van der Waals surface area contributed by atoms with Crippen molar-refractivity contribution in [3.63, 3.8) is 0 Å². The lowest BCUT2D eigenvalue weighted by Crippen LogP contribution is -2.34. The van der Waals surface area contributed by atoms with Gasteiger partial charge < -0.3 is 30.6 Å². The fourth-order valence-corrected chi connectivity index (χ4v) is 3.49. The lowest BCUT2D eigenvalue weighted by atomic mass is 10.2. The molecule has 1 aliphatic heterocycles. The summed E-state index contributed by atoms with van der Waals surface area (Å²) in [7, 11) is 0. The van der Waals surface area contributed by atoms with E-state index in [9.17, 15) is 9.59 Å². The number of halogens is 2. The topological polar surface area (TPSA) is 128 Å². The number of carbonyl (C=O) groups excluding carboxylic acids is 2. The van der Waals surface area contributed by atoms with Crippen LogP contribution in [0.25, 0.3) is 0 Å². The number of hydrogen-bond donors (Lipinski definition) is 3. The Hall–Kier alpha value is -2.37. The Bertz CT molecular complexity index is 965. The number of hydrogen-bond acceptors (Lipinski definition) is 7. The molecule has 206 valence electrons. The van der Waals surface area contributed by atoms with Gasteiger partial charge in [0.1, 0.15) is 11.4 Å². The Labute approximate surface area is 228 Å². The maximum absolute atomic E-state index is 12.4. The maximum Gasteiger partial charge on any atom is 0.407 e. The zero-order chi connectivity index (χ0) is 27.3. The number of nitrogens with one attached hydrogen (secondary N) is 2. The number of nitrogens with two attached hydrogens (primary N) is 1. The molecule has 1 heterocycles. The van der Waals surface area contributed by atoms with Crippen LogP contribution in [0.2, 0.25) is 10.0 Å². The number of nitrogens with zero attached hydrogens (tertiary/aromatic N) is 2. The Kier molecular flexibility index (Phi) is 13.2. The van der Waals surface area contributed by atoms with E-state index in [4.69, 9.17) is 43.1 Å². The molecule has 1 aromatic carbocycles. The van der Waals surface area contributed by atoms with Gasteiger partial charge in [-0.3, -0.25) is 9.69 Å². The minimum absolute atomic E-state index is 0.265. The average Bonchev–Trinajstić information content (AvgIpc) is 3.28. The van der Waals surface area contributed by atoms with Gasteiger partial charge in [-0.2, -0.15) is 4.99 Å². The third-order valence-electron chi connectivity index (χ3n) is 4.98. The van der Waals surface area contributed by atoms with Gasteiger partial charge in [-0.25, -0.2) is 4.79 Å². The molecule has 1 aromatic rings. The van der Waals surface area contributed by atoms with Gasteiger partial charge in [0.2, 0.25) is 0 Å². The number of benzene rings is 1. The summed E-state index contributed by atoms with van der Waals surface area (Å²) >= 11 is 11.9. The Morgan fingerprint density at radius 1 is 1.08 bits per heavy atom. The Balaban J connectivity index is 1.51. The zero-order valence-electron chi connectivity index (χ0n) is 21.6. The molecule has 0 saturated carbocycles. The highest BCUT2D eigenvalue weighted by Gasteiger charge is 2.19. The van der Waals surface area contributed by atoms with Crippen LogP contribution >= 0.6 is 23.2 Å². The molecule has 0 spiro atoms. The number of ether oxygens (including phenoxy) is 3. The summed E-state index contributed by atoms with van der Waals surface area (Å²) in [4.78, 5) is 30.1. The van der Waals surface area contributed by atoms with Gasteiger partial charge in [0.05, 0.1) is 36.5 Å². The highest BCUT2D eigenvalue weighted by Crippen LogP contribution is 2.24. The van der Waals surface area contributed by atoms with Crippen LogP contribution in [0.5, 0.6) is 0 Å². The van der Waals surface area contributed by atoms with Gasteiger partial charge in [-0.05, 0) is 39.0 Å². The SMILES string of the molecule is CC(C)(C)OC(=O)NCCOCCOCCN1CC=C(C(=O)N=C(N)CCNc2ccc(Cl)c(Cl)c2)C1. The van der Waals surface area contributed by atoms with Crippen LogP contribution in [-0.2, 0) is 19.0 Å². The van der Waals surface area contributed by atoms with Gasteiger partial charge in [0, 0.05) is 50.4 Å². The summed E-state index contributed by atoms with van der Waals surface area (Å²) in [5.41, 5.74) is 6.85. The van der Waals surface area contributed by atoms with E-state index in [0.717, 1.165) is 5.69 Å². The first-order chi connectivity index (χ1) is 17.5. The molecular formula is C25H37Cl2N5O5. The predicted octanol–water partition coefficient (Wildman–Crippen LogP) is 3.48. The molecule has 12 heteroatoms. The van der Waals surface area contributed by atoms with Crippen molar-refractivity contribution in [3.05, 3.63) is 39.9 Å². The molecule has 10 nitrogen and oxygen atoms in total. The largest absolute Gasteiger partial charge is 0.444 e. The normalized spacial score (nSPS) is 14.4. The average molecular weight is 559 g/mol. The number of aliphatic imine (C=N–C) groups is 1. The van der Waals surface area contributed by atoms with Gasteiger partial charge in [0.15, 0.2) is 0 Å². The third-order valence-corrected chi connectivity index (χ3v) is 5.72. The van der Waals surface area contributed by atoms with Crippen molar-refractivity contribution in [2.45, 2.75) is 32.8 Å². The fraction of sp³-hybridized carbons (Fsp3) is 0.560. The van der Waals surface area contributed by atoms with Crippen molar-refractivity contribution in [2.75, 3.05) is 64.5 Å². The molecule has 4 N–H and O–H groups in total. The summed E-state index contributed by atoms with van der Waals surface area (Å²) in [6.07, 6.45) is 1.82. The number of rotatable bonds is 14. The van der Waals surface area contributed by atoms with Crippen molar-refractivity contribution in [2.24, 2.45) is 10.7 Å². The number of amidine groups is 1. The molecule has 0 fully saturated rings. The predicted molar refractivity (Wildman–Crippen MR) is 147 cm³/mol. The van der Waals surface area contributed by atoms with E-state index in [1.54, 1.807) is 12.1 Å². The van der Waals surface area contributed by atoms with E-state index in [1.165, 1.54) is 0 Å². The molecule has 0 aliphatic carbocycles. The van der Waals surface area contributed by atoms with E-state index in [-0.39, 0.29) is 11.7 Å². The first-order valence-electron chi connectivity index (χ1n) is 12.1. The van der Waals surface area contributed by atoms with E-state index < -0.39 is 11.7 Å². The van der Waals surface area contributed by atoms with Gasteiger partial charge >= 0.3 is 6.09 Å². The van der Waals surface area contributed by atoms with Gasteiger partial charge in [-0.1, -0.05) is 29.3 Å². The van der Waals surface area contributed by atoms with Crippen molar-refractivity contribution >= 4 is 46.7 Å². The van der Waals surface area contributed by atoms with Crippen LogP contribution in [0.1, 0.15) is 27.2 Å². The summed E-state index contributed by atoms with van der Waals surface area (Å²) in [6, 6.07) is 5.25. The minimum atomic E-state index is -0.523. The molecule has 0 bridgehead atoms. The lowest BCUT2D eigenvalue weighted by molar-refractivity contribution is -0.114. The summed E-state index contributed by atoms with van der Waals surface area (Å²) in [5.74, 6) is -0.0506. The fourth-order valence-electron chi connectivity index (χ4n) is 3.19. The molecule has 1 aliphatic rings. The van der Waals surface area contributed by atoms with Crippen LogP contribution in [-0.4, -0.2) is 87.5 Å². The molecule has 0 atom stereocenters. The van der Waals surface area contributed by atoms with Crippen molar-refractivity contribution in [3.8, 4) is 0 Å². The van der Waals surface area contributed by atoms with Crippen LogP contribution in [0.3, 0.4) is 0 Å². The lowest BCUT2D eigenvalue weighted by Gasteiger charge is -2.19. The minimum Gasteiger partial charge on any atom is -0.444 e. The highest BCUT2D eigenvalue weighted by molar-refractivity contribution is 6.42. The zero-order valence-corrected chi connectivity index (χ0v) is 23.2. The second-order valence-electron chi connectivity index (χ2n) is 9.33. The van der Waals surface area contributed by atoms with Gasteiger partial charge in [0.25, 0.3) is 5.91 Å². The molecule has 37 heavy (non-hydrogen) atoms. The standard InChI is InChI=1S/C25H37Cl2N5O5/c1-25(2,3)37-24(34)30-9-12-35-14-15-36-13-11-32-10-7-18(17-32)23(33)31-22(28)6-8-29-19-4-5-20(26)21(27)16-19/h4-5,7,16,29H,6,8-15,17H2,1-3H3,(H,30,34)(H2,28,31,33). The van der Waals surface area contributed by atoms with Crippen molar-refractivity contribution in [1.82, 2.24) is 10.2 Å². The summed E-state index contributed by atoms with van der Waals surface area (Å²) < 4.78 is 16.2. The van der Waals surface area contributed by atoms with E-state index in [0.29, 0.717) is 81.2 Å². The first kappa shape index (κ1) is 30.9. The third kappa shape index (κ3) is 13.1. The second-order valence-corrected chi connectivity index (χ2v) is 10.1. The smallest absolute Gasteiger partial charge is 0.407 e. The number of carbonyl (C=O) groups is 2. The molecule has 2 amide bonds. The number of anilines is 1. The highest BCUT2D eigenvalue weighted by atomic mass is 35.5. The van der Waals surface area contributed by atoms with Crippen molar-refractivity contribution < 1.29 is 23.8 Å². The Morgan fingerprint density at radius 3 is 2.51 bits per heavy atom. The molecule has 0 radical (unpaired) electrons. The molecule has 0 saturated heterocycles. The number of alkyl carbamates (subject to hydrolysis) is 1. The molecule has 2 rings (SSSR count). The van der Waals surface area contributed by atoms with E-state index in [2.05, 4.69) is 20.5 Å². The monoisotopic (exact) mass is 557 g/mol. The number of amides is 2. The summed E-state index contributed by atoms with van der Waals surface area (Å²) in [5, 5.41) is 6.75. The van der Waals surface area contributed by atoms with Crippen LogP contribution < -0.4 is 16.4 Å². The van der Waals surface area contributed by atoms with E-state index >= 15 is 0 Å².